The highest BCUT2D eigenvalue weighted by Crippen LogP contribution is 2.30. The smallest absolute Gasteiger partial charge is 0.319 e. The van der Waals surface area contributed by atoms with E-state index in [1.54, 1.807) is 0 Å². The molecule has 0 aliphatic heterocycles. The van der Waals surface area contributed by atoms with Gasteiger partial charge in [0.25, 0.3) is 0 Å². The van der Waals surface area contributed by atoms with Crippen LogP contribution >= 0.6 is 0 Å². The Balaban J connectivity index is 1.84. The maximum Gasteiger partial charge on any atom is 0.319 e. The van der Waals surface area contributed by atoms with E-state index in [-0.39, 0.29) is 12.1 Å². The van der Waals surface area contributed by atoms with Gasteiger partial charge in [0.2, 0.25) is 0 Å². The van der Waals surface area contributed by atoms with Gasteiger partial charge in [-0.1, -0.05) is 31.9 Å². The fraction of sp³-hybridized carbons (Fsp3) is 0.588. The molecule has 116 valence electrons. The van der Waals surface area contributed by atoms with Crippen LogP contribution < -0.4 is 16.0 Å². The summed E-state index contributed by atoms with van der Waals surface area (Å²) in [6.07, 6.45) is 3.81. The zero-order chi connectivity index (χ0) is 15.2. The number of amides is 2. The number of hydrogen-bond acceptors (Lipinski definition) is 2. The van der Waals surface area contributed by atoms with Gasteiger partial charge in [0.15, 0.2) is 0 Å². The molecular formula is C17H27N3O. The number of hydrogen-bond donors (Lipinski definition) is 3. The first-order valence-electron chi connectivity index (χ1n) is 7.92. The van der Waals surface area contributed by atoms with Crippen LogP contribution in [0.25, 0.3) is 0 Å². The number of carbonyl (C=O) groups is 1. The highest BCUT2D eigenvalue weighted by Gasteiger charge is 2.23. The molecule has 0 radical (unpaired) electrons. The number of urea groups is 1. The number of nitrogens with one attached hydrogen (secondary N) is 3. The van der Waals surface area contributed by atoms with Crippen LogP contribution in [-0.4, -0.2) is 19.6 Å². The number of carbonyl (C=O) groups excluding carboxylic acids is 1. The fourth-order valence-electron chi connectivity index (χ4n) is 2.98. The van der Waals surface area contributed by atoms with Crippen molar-refractivity contribution < 1.29 is 4.79 Å². The summed E-state index contributed by atoms with van der Waals surface area (Å²) in [6.45, 7) is 5.15. The summed E-state index contributed by atoms with van der Waals surface area (Å²) >= 11 is 0. The Labute approximate surface area is 127 Å². The summed E-state index contributed by atoms with van der Waals surface area (Å²) in [4.78, 5) is 12.0. The SMILES string of the molecule is CNC(C)c1cccc(NC(=O)NCC2CCCC2C)c1. The van der Waals surface area contributed by atoms with Crippen molar-refractivity contribution in [1.29, 1.82) is 0 Å². The van der Waals surface area contributed by atoms with E-state index in [1.807, 2.05) is 25.2 Å². The Morgan fingerprint density at radius 2 is 2.19 bits per heavy atom. The summed E-state index contributed by atoms with van der Waals surface area (Å²) in [5.41, 5.74) is 2.01. The third kappa shape index (κ3) is 4.46. The van der Waals surface area contributed by atoms with Gasteiger partial charge in [-0.15, -0.1) is 0 Å². The van der Waals surface area contributed by atoms with Gasteiger partial charge < -0.3 is 16.0 Å². The van der Waals surface area contributed by atoms with Gasteiger partial charge >= 0.3 is 6.03 Å². The summed E-state index contributed by atoms with van der Waals surface area (Å²) in [6, 6.07) is 8.13. The number of benzene rings is 1. The van der Waals surface area contributed by atoms with Crippen LogP contribution in [0.2, 0.25) is 0 Å². The largest absolute Gasteiger partial charge is 0.338 e. The molecule has 1 aromatic carbocycles. The highest BCUT2D eigenvalue weighted by molar-refractivity contribution is 5.89. The molecule has 3 unspecified atom stereocenters. The summed E-state index contributed by atoms with van der Waals surface area (Å²) < 4.78 is 0. The Kier molecular flexibility index (Phi) is 5.62. The Bertz CT molecular complexity index is 475. The Morgan fingerprint density at radius 3 is 2.86 bits per heavy atom. The van der Waals surface area contributed by atoms with Crippen LogP contribution in [0.5, 0.6) is 0 Å². The van der Waals surface area contributed by atoms with E-state index < -0.39 is 0 Å². The molecule has 0 heterocycles. The monoisotopic (exact) mass is 289 g/mol. The van der Waals surface area contributed by atoms with Gasteiger partial charge in [-0.3, -0.25) is 0 Å². The Morgan fingerprint density at radius 1 is 1.38 bits per heavy atom. The van der Waals surface area contributed by atoms with Crippen LogP contribution in [0.3, 0.4) is 0 Å². The molecule has 21 heavy (non-hydrogen) atoms. The van der Waals surface area contributed by atoms with Crippen LogP contribution in [0.1, 0.15) is 44.7 Å². The van der Waals surface area contributed by atoms with Gasteiger partial charge in [0.05, 0.1) is 0 Å². The molecule has 1 aliphatic rings. The molecule has 2 rings (SSSR count). The minimum Gasteiger partial charge on any atom is -0.338 e. The summed E-state index contributed by atoms with van der Waals surface area (Å²) in [5.74, 6) is 1.36. The molecule has 0 saturated heterocycles. The van der Waals surface area contributed by atoms with Crippen LogP contribution in [0.4, 0.5) is 10.5 Å². The summed E-state index contributed by atoms with van der Waals surface area (Å²) in [7, 11) is 1.93. The average molecular weight is 289 g/mol. The van der Waals surface area contributed by atoms with E-state index >= 15 is 0 Å². The van der Waals surface area contributed by atoms with Gasteiger partial charge in [-0.05, 0) is 49.9 Å². The molecule has 4 nitrogen and oxygen atoms in total. The average Bonchev–Trinajstić information content (AvgIpc) is 2.90. The minimum absolute atomic E-state index is 0.108. The van der Waals surface area contributed by atoms with E-state index in [1.165, 1.54) is 24.8 Å². The first kappa shape index (κ1) is 15.8. The van der Waals surface area contributed by atoms with Crippen molar-refractivity contribution in [2.24, 2.45) is 11.8 Å². The predicted molar refractivity (Wildman–Crippen MR) is 87.4 cm³/mol. The molecule has 1 aromatic rings. The lowest BCUT2D eigenvalue weighted by Gasteiger charge is -2.17. The second-order valence-corrected chi connectivity index (χ2v) is 6.14. The lowest BCUT2D eigenvalue weighted by molar-refractivity contribution is 0.248. The van der Waals surface area contributed by atoms with E-state index in [4.69, 9.17) is 0 Å². The van der Waals surface area contributed by atoms with Crippen LogP contribution in [-0.2, 0) is 0 Å². The Hall–Kier alpha value is -1.55. The standard InChI is InChI=1S/C17H27N3O/c1-12-6-4-8-15(12)11-19-17(21)20-16-9-5-7-14(10-16)13(2)18-3/h5,7,9-10,12-13,15,18H,4,6,8,11H2,1-3H3,(H2,19,20,21). The molecular weight excluding hydrogens is 262 g/mol. The molecule has 0 bridgehead atoms. The molecule has 1 saturated carbocycles. The van der Waals surface area contributed by atoms with Crippen molar-refractivity contribution >= 4 is 11.7 Å². The van der Waals surface area contributed by atoms with Gasteiger partial charge in [0, 0.05) is 18.3 Å². The second kappa shape index (κ2) is 7.46. The van der Waals surface area contributed by atoms with Crippen molar-refractivity contribution in [2.45, 2.75) is 39.2 Å². The zero-order valence-electron chi connectivity index (χ0n) is 13.3. The zero-order valence-corrected chi connectivity index (χ0v) is 13.3. The molecule has 2 amide bonds. The first-order valence-corrected chi connectivity index (χ1v) is 7.92. The molecule has 0 aromatic heterocycles. The van der Waals surface area contributed by atoms with Crippen LogP contribution in [0.15, 0.2) is 24.3 Å². The maximum absolute atomic E-state index is 12.0. The molecule has 3 N–H and O–H groups in total. The third-order valence-electron chi connectivity index (χ3n) is 4.64. The first-order chi connectivity index (χ1) is 10.1. The quantitative estimate of drug-likeness (QED) is 0.777. The second-order valence-electron chi connectivity index (χ2n) is 6.14. The molecule has 0 spiro atoms. The van der Waals surface area contributed by atoms with Crippen molar-refractivity contribution in [2.75, 3.05) is 18.9 Å². The third-order valence-corrected chi connectivity index (χ3v) is 4.64. The minimum atomic E-state index is -0.108. The predicted octanol–water partition coefficient (Wildman–Crippen LogP) is 3.52. The van der Waals surface area contributed by atoms with E-state index in [0.29, 0.717) is 5.92 Å². The normalized spacial score (nSPS) is 22.8. The van der Waals surface area contributed by atoms with Crippen molar-refractivity contribution in [3.05, 3.63) is 29.8 Å². The highest BCUT2D eigenvalue weighted by atomic mass is 16.2. The molecule has 3 atom stereocenters. The number of anilines is 1. The van der Waals surface area contributed by atoms with Gasteiger partial charge in [0.1, 0.15) is 0 Å². The number of rotatable bonds is 5. The van der Waals surface area contributed by atoms with Crippen molar-refractivity contribution in [3.63, 3.8) is 0 Å². The van der Waals surface area contributed by atoms with Crippen LogP contribution in [0, 0.1) is 11.8 Å². The van der Waals surface area contributed by atoms with E-state index in [9.17, 15) is 4.79 Å². The van der Waals surface area contributed by atoms with Gasteiger partial charge in [-0.25, -0.2) is 4.79 Å². The van der Waals surface area contributed by atoms with Crippen molar-refractivity contribution in [1.82, 2.24) is 10.6 Å². The van der Waals surface area contributed by atoms with E-state index in [2.05, 4.69) is 35.9 Å². The molecule has 1 aliphatic carbocycles. The molecule has 4 heteroatoms. The summed E-state index contributed by atoms with van der Waals surface area (Å²) in [5, 5.41) is 9.12. The topological polar surface area (TPSA) is 53.2 Å². The van der Waals surface area contributed by atoms with E-state index in [0.717, 1.165) is 18.2 Å². The lowest BCUT2D eigenvalue weighted by Crippen LogP contribution is -2.33. The maximum atomic E-state index is 12.0. The molecule has 1 fully saturated rings. The van der Waals surface area contributed by atoms with Crippen molar-refractivity contribution in [3.8, 4) is 0 Å². The lowest BCUT2D eigenvalue weighted by atomic mass is 9.98. The van der Waals surface area contributed by atoms with Gasteiger partial charge in [-0.2, -0.15) is 0 Å². The fourth-order valence-corrected chi connectivity index (χ4v) is 2.98.